The van der Waals surface area contributed by atoms with E-state index in [-0.39, 0.29) is 0 Å². The van der Waals surface area contributed by atoms with Gasteiger partial charge in [-0.1, -0.05) is 55.9 Å². The molecule has 1 aromatic heterocycles. The number of benzene rings is 1. The molecular weight excluding hydrogens is 262 g/mol. The van der Waals surface area contributed by atoms with Gasteiger partial charge in [-0.05, 0) is 31.9 Å². The third-order valence-electron chi connectivity index (χ3n) is 3.50. The fourth-order valence-electron chi connectivity index (χ4n) is 2.44. The molecule has 3 nitrogen and oxygen atoms in total. The second-order valence-corrected chi connectivity index (χ2v) is 11.5. The normalized spacial score (nSPS) is 11.8. The predicted molar refractivity (Wildman–Crippen MR) is 87.7 cm³/mol. The first-order chi connectivity index (χ1) is 9.43. The standard InChI is InChI=1S/C16H25N3Si/c1-6-7-8-15-16(20(3,4)5)19(18-17-15)14-11-9-13(2)10-12-14/h9-12H,6-8H2,1-5H3. The number of aryl methyl sites for hydroxylation is 2. The summed E-state index contributed by atoms with van der Waals surface area (Å²) in [6.45, 7) is 11.4. The second-order valence-electron chi connectivity index (χ2n) is 6.49. The first kappa shape index (κ1) is 15.0. The number of hydrogen-bond donors (Lipinski definition) is 0. The van der Waals surface area contributed by atoms with Crippen molar-refractivity contribution >= 4 is 13.4 Å². The minimum atomic E-state index is -1.48. The minimum absolute atomic E-state index is 1.04. The highest BCUT2D eigenvalue weighted by Gasteiger charge is 2.27. The maximum atomic E-state index is 4.47. The van der Waals surface area contributed by atoms with E-state index in [1.54, 1.807) is 0 Å². The van der Waals surface area contributed by atoms with Crippen molar-refractivity contribution in [2.24, 2.45) is 0 Å². The lowest BCUT2D eigenvalue weighted by molar-refractivity contribution is 0.761. The van der Waals surface area contributed by atoms with E-state index < -0.39 is 8.07 Å². The molecule has 0 amide bonds. The fourth-order valence-corrected chi connectivity index (χ4v) is 4.29. The Morgan fingerprint density at radius 3 is 2.30 bits per heavy atom. The van der Waals surface area contributed by atoms with E-state index in [9.17, 15) is 0 Å². The van der Waals surface area contributed by atoms with E-state index in [1.807, 2.05) is 0 Å². The molecule has 0 saturated heterocycles. The van der Waals surface area contributed by atoms with Crippen molar-refractivity contribution in [2.75, 3.05) is 0 Å². The molecule has 1 heterocycles. The molecule has 4 heteroatoms. The molecule has 0 aliphatic rings. The lowest BCUT2D eigenvalue weighted by Gasteiger charge is -2.19. The van der Waals surface area contributed by atoms with E-state index in [0.717, 1.165) is 12.1 Å². The summed E-state index contributed by atoms with van der Waals surface area (Å²) in [7, 11) is -1.48. The molecule has 0 fully saturated rings. The van der Waals surface area contributed by atoms with Gasteiger partial charge in [0.05, 0.1) is 16.7 Å². The summed E-state index contributed by atoms with van der Waals surface area (Å²) >= 11 is 0. The Bertz CT molecular complexity index is 564. The van der Waals surface area contributed by atoms with Gasteiger partial charge in [-0.2, -0.15) is 0 Å². The molecule has 0 N–H and O–H groups in total. The Kier molecular flexibility index (Phi) is 4.43. The van der Waals surface area contributed by atoms with E-state index in [4.69, 9.17) is 0 Å². The summed E-state index contributed by atoms with van der Waals surface area (Å²) in [5.74, 6) is 0. The number of nitrogens with zero attached hydrogens (tertiary/aromatic N) is 3. The maximum Gasteiger partial charge on any atom is 0.104 e. The van der Waals surface area contributed by atoms with Gasteiger partial charge in [-0.15, -0.1) is 5.10 Å². The molecule has 0 aliphatic carbocycles. The maximum absolute atomic E-state index is 4.47. The van der Waals surface area contributed by atoms with Crippen LogP contribution in [0.5, 0.6) is 0 Å². The Morgan fingerprint density at radius 2 is 1.75 bits per heavy atom. The van der Waals surface area contributed by atoms with Crippen molar-refractivity contribution in [3.05, 3.63) is 35.5 Å². The molecule has 0 atom stereocenters. The number of aromatic nitrogens is 3. The topological polar surface area (TPSA) is 30.7 Å². The SMILES string of the molecule is CCCCc1nnn(-c2ccc(C)cc2)c1[Si](C)(C)C. The monoisotopic (exact) mass is 287 g/mol. The van der Waals surface area contributed by atoms with Gasteiger partial charge in [0.25, 0.3) is 0 Å². The zero-order valence-corrected chi connectivity index (χ0v) is 14.3. The van der Waals surface area contributed by atoms with E-state index in [0.29, 0.717) is 0 Å². The minimum Gasteiger partial charge on any atom is -0.222 e. The molecule has 0 radical (unpaired) electrons. The van der Waals surface area contributed by atoms with Crippen LogP contribution in [0.25, 0.3) is 5.69 Å². The highest BCUT2D eigenvalue weighted by atomic mass is 28.3. The molecule has 2 aromatic rings. The predicted octanol–water partition coefficient (Wildman–Crippen LogP) is 3.46. The van der Waals surface area contributed by atoms with Crippen LogP contribution in [0.15, 0.2) is 24.3 Å². The molecule has 0 aliphatic heterocycles. The first-order valence-corrected chi connectivity index (χ1v) is 11.0. The summed E-state index contributed by atoms with van der Waals surface area (Å²) in [5, 5.41) is 10.3. The van der Waals surface area contributed by atoms with Crippen molar-refractivity contribution in [1.29, 1.82) is 0 Å². The van der Waals surface area contributed by atoms with Crippen molar-refractivity contribution in [3.8, 4) is 5.69 Å². The Balaban J connectivity index is 2.47. The Hall–Kier alpha value is -1.42. The summed E-state index contributed by atoms with van der Waals surface area (Å²) < 4.78 is 2.07. The van der Waals surface area contributed by atoms with Gasteiger partial charge in [0.2, 0.25) is 0 Å². The smallest absolute Gasteiger partial charge is 0.104 e. The van der Waals surface area contributed by atoms with Crippen LogP contribution < -0.4 is 5.32 Å². The summed E-state index contributed by atoms with van der Waals surface area (Å²) in [4.78, 5) is 0. The van der Waals surface area contributed by atoms with Crippen LogP contribution >= 0.6 is 0 Å². The molecule has 2 rings (SSSR count). The van der Waals surface area contributed by atoms with Crippen LogP contribution in [-0.4, -0.2) is 23.1 Å². The fraction of sp³-hybridized carbons (Fsp3) is 0.500. The lowest BCUT2D eigenvalue weighted by Crippen LogP contribution is -2.44. The molecule has 0 saturated carbocycles. The largest absolute Gasteiger partial charge is 0.222 e. The highest BCUT2D eigenvalue weighted by Crippen LogP contribution is 2.13. The third-order valence-corrected chi connectivity index (χ3v) is 5.42. The van der Waals surface area contributed by atoms with Crippen molar-refractivity contribution in [2.45, 2.75) is 52.8 Å². The van der Waals surface area contributed by atoms with Crippen LogP contribution in [0.4, 0.5) is 0 Å². The number of hydrogen-bond acceptors (Lipinski definition) is 2. The number of rotatable bonds is 5. The first-order valence-electron chi connectivity index (χ1n) is 7.45. The zero-order valence-electron chi connectivity index (χ0n) is 13.3. The van der Waals surface area contributed by atoms with Gasteiger partial charge in [-0.25, -0.2) is 4.68 Å². The van der Waals surface area contributed by atoms with Crippen LogP contribution in [0, 0.1) is 6.92 Å². The molecule has 1 aromatic carbocycles. The Labute approximate surface area is 123 Å². The molecule has 0 spiro atoms. The molecule has 0 bridgehead atoms. The van der Waals surface area contributed by atoms with Crippen LogP contribution in [-0.2, 0) is 6.42 Å². The summed E-state index contributed by atoms with van der Waals surface area (Å²) in [6.07, 6.45) is 3.43. The second kappa shape index (κ2) is 5.91. The average Bonchev–Trinajstić information content (AvgIpc) is 2.81. The van der Waals surface area contributed by atoms with E-state index >= 15 is 0 Å². The van der Waals surface area contributed by atoms with Crippen LogP contribution in [0.2, 0.25) is 19.6 Å². The molecular formula is C16H25N3Si. The summed E-state index contributed by atoms with van der Waals surface area (Å²) in [5.41, 5.74) is 3.60. The van der Waals surface area contributed by atoms with Gasteiger partial charge in [-0.3, -0.25) is 0 Å². The van der Waals surface area contributed by atoms with Crippen molar-refractivity contribution < 1.29 is 0 Å². The third kappa shape index (κ3) is 3.18. The van der Waals surface area contributed by atoms with Gasteiger partial charge in [0.1, 0.15) is 8.07 Å². The summed E-state index contributed by atoms with van der Waals surface area (Å²) in [6, 6.07) is 8.54. The van der Waals surface area contributed by atoms with E-state index in [1.165, 1.54) is 29.4 Å². The van der Waals surface area contributed by atoms with Gasteiger partial charge in [0, 0.05) is 0 Å². The van der Waals surface area contributed by atoms with Crippen LogP contribution in [0.3, 0.4) is 0 Å². The molecule has 0 unspecified atom stereocenters. The molecule has 20 heavy (non-hydrogen) atoms. The highest BCUT2D eigenvalue weighted by molar-refractivity contribution is 6.88. The number of unbranched alkanes of at least 4 members (excludes halogenated alkanes) is 1. The average molecular weight is 287 g/mol. The van der Waals surface area contributed by atoms with E-state index in [2.05, 4.69) is 72.7 Å². The van der Waals surface area contributed by atoms with Gasteiger partial charge >= 0.3 is 0 Å². The lowest BCUT2D eigenvalue weighted by atomic mass is 10.2. The van der Waals surface area contributed by atoms with Gasteiger partial charge < -0.3 is 0 Å². The zero-order chi connectivity index (χ0) is 14.8. The van der Waals surface area contributed by atoms with Crippen LogP contribution in [0.1, 0.15) is 31.0 Å². The van der Waals surface area contributed by atoms with Crippen molar-refractivity contribution in [3.63, 3.8) is 0 Å². The Morgan fingerprint density at radius 1 is 1.10 bits per heavy atom. The van der Waals surface area contributed by atoms with Crippen molar-refractivity contribution in [1.82, 2.24) is 15.0 Å². The van der Waals surface area contributed by atoms with Gasteiger partial charge in [0.15, 0.2) is 0 Å². The molecule has 108 valence electrons. The quantitative estimate of drug-likeness (QED) is 0.788.